The molecule has 0 spiro atoms. The third kappa shape index (κ3) is 5.03. The van der Waals surface area contributed by atoms with Crippen molar-refractivity contribution in [1.82, 2.24) is 29.9 Å². The lowest BCUT2D eigenvalue weighted by molar-refractivity contribution is 0.711. The van der Waals surface area contributed by atoms with Gasteiger partial charge in [0.1, 0.15) is 11.7 Å². The molecule has 4 heterocycles. The lowest BCUT2D eigenvalue weighted by Crippen LogP contribution is -2.30. The van der Waals surface area contributed by atoms with E-state index in [0.717, 1.165) is 46.6 Å². The summed E-state index contributed by atoms with van der Waals surface area (Å²) in [5.74, 6) is 2.32. The number of nitrogen functional groups attached to an aromatic ring is 1. The van der Waals surface area contributed by atoms with Gasteiger partial charge in [0.05, 0.1) is 24.5 Å². The number of hydrogen-bond acceptors (Lipinski definition) is 8. The number of fused-ring (bicyclic) bond motifs is 1. The van der Waals surface area contributed by atoms with E-state index in [4.69, 9.17) is 16.5 Å². The van der Waals surface area contributed by atoms with Crippen molar-refractivity contribution < 1.29 is 0 Å². The molecular formula is C26H30N10. The molecule has 1 fully saturated rings. The summed E-state index contributed by atoms with van der Waals surface area (Å²) in [6.45, 7) is 6.82. The number of rotatable bonds is 9. The predicted molar refractivity (Wildman–Crippen MR) is 143 cm³/mol. The van der Waals surface area contributed by atoms with Crippen molar-refractivity contribution >= 4 is 35.0 Å². The molecule has 0 bridgehead atoms. The zero-order valence-electron chi connectivity index (χ0n) is 20.2. The monoisotopic (exact) mass is 482 g/mol. The molecule has 5 rings (SSSR count). The molecule has 1 aliphatic carbocycles. The first-order valence-electron chi connectivity index (χ1n) is 12.0. The number of pyridine rings is 3. The number of aromatic nitrogens is 5. The van der Waals surface area contributed by atoms with Crippen LogP contribution in [0, 0.1) is 0 Å². The van der Waals surface area contributed by atoms with Gasteiger partial charge in [-0.25, -0.2) is 9.50 Å². The van der Waals surface area contributed by atoms with E-state index >= 15 is 0 Å². The fourth-order valence-corrected chi connectivity index (χ4v) is 4.10. The van der Waals surface area contributed by atoms with Crippen LogP contribution >= 0.6 is 0 Å². The maximum Gasteiger partial charge on any atom is 0.248 e. The molecule has 0 amide bonds. The number of nitrogens with zero attached hydrogens (tertiary/aromatic N) is 6. The molecule has 184 valence electrons. The Kier molecular flexibility index (Phi) is 6.59. The zero-order valence-corrected chi connectivity index (χ0v) is 20.2. The normalized spacial score (nSPS) is 14.6. The fourth-order valence-electron chi connectivity index (χ4n) is 4.10. The van der Waals surface area contributed by atoms with Gasteiger partial charge in [0.2, 0.25) is 5.95 Å². The fraction of sp³-hybridized carbons (Fsp3) is 0.269. The minimum absolute atomic E-state index is 0.0751. The van der Waals surface area contributed by atoms with Crippen molar-refractivity contribution in [2.24, 2.45) is 10.7 Å². The van der Waals surface area contributed by atoms with Crippen LogP contribution in [0.25, 0.3) is 11.7 Å². The summed E-state index contributed by atoms with van der Waals surface area (Å²) in [4.78, 5) is 18.0. The largest absolute Gasteiger partial charge is 0.397 e. The van der Waals surface area contributed by atoms with Crippen molar-refractivity contribution in [3.05, 3.63) is 77.9 Å². The molecule has 1 atom stereocenters. The first-order chi connectivity index (χ1) is 17.6. The second-order valence-electron chi connectivity index (χ2n) is 8.86. The van der Waals surface area contributed by atoms with Gasteiger partial charge < -0.3 is 22.1 Å². The van der Waals surface area contributed by atoms with Gasteiger partial charge in [-0.15, -0.1) is 5.10 Å². The number of amidine groups is 1. The van der Waals surface area contributed by atoms with Gasteiger partial charge in [-0.2, -0.15) is 4.98 Å². The molecular weight excluding hydrogens is 452 g/mol. The third-order valence-electron chi connectivity index (χ3n) is 6.12. The van der Waals surface area contributed by atoms with Gasteiger partial charge in [0, 0.05) is 30.7 Å². The van der Waals surface area contributed by atoms with Crippen LogP contribution in [0.4, 0.5) is 17.5 Å². The smallest absolute Gasteiger partial charge is 0.248 e. The molecule has 1 saturated carbocycles. The number of anilines is 3. The highest BCUT2D eigenvalue weighted by atomic mass is 15.3. The molecule has 6 N–H and O–H groups in total. The lowest BCUT2D eigenvalue weighted by Gasteiger charge is -2.21. The van der Waals surface area contributed by atoms with Gasteiger partial charge in [-0.1, -0.05) is 12.7 Å². The maximum absolute atomic E-state index is 6.38. The van der Waals surface area contributed by atoms with Crippen molar-refractivity contribution in [2.45, 2.75) is 31.7 Å². The second-order valence-corrected chi connectivity index (χ2v) is 8.86. The summed E-state index contributed by atoms with van der Waals surface area (Å²) >= 11 is 0. The quantitative estimate of drug-likeness (QED) is 0.210. The van der Waals surface area contributed by atoms with E-state index in [-0.39, 0.29) is 6.04 Å². The average molecular weight is 483 g/mol. The summed E-state index contributed by atoms with van der Waals surface area (Å²) in [5, 5.41) is 11.3. The molecule has 0 aromatic carbocycles. The van der Waals surface area contributed by atoms with Crippen LogP contribution in [0.2, 0.25) is 0 Å². The van der Waals surface area contributed by atoms with Crippen LogP contribution in [-0.4, -0.2) is 43.5 Å². The highest BCUT2D eigenvalue weighted by molar-refractivity contribution is 6.04. The zero-order chi connectivity index (χ0) is 25.1. The van der Waals surface area contributed by atoms with Crippen LogP contribution in [-0.2, 0) is 0 Å². The standard InChI is InChI=1S/C26H30N10/c1-3-17-4-7-23-34-26(35-36(23)15-17)33-22-12-19(8-10-30-22)16(2)32-25(31-11-9-27)24-20(18-5-6-18)13-29-14-21(24)28/h3-4,7-8,10,12-16,18H,1,5-6,9,11,27-28H2,2H3,(H,31,32)(H,30,33,35). The Morgan fingerprint density at radius 3 is 2.94 bits per heavy atom. The molecule has 1 aliphatic rings. The number of nitrogens with two attached hydrogens (primary N) is 2. The van der Waals surface area contributed by atoms with Gasteiger partial charge in [0.15, 0.2) is 5.65 Å². The van der Waals surface area contributed by atoms with E-state index < -0.39 is 0 Å². The Hall–Kier alpha value is -4.31. The van der Waals surface area contributed by atoms with E-state index in [1.165, 1.54) is 0 Å². The summed E-state index contributed by atoms with van der Waals surface area (Å²) in [6, 6.07) is 7.70. The van der Waals surface area contributed by atoms with Crippen LogP contribution in [0.1, 0.15) is 54.0 Å². The van der Waals surface area contributed by atoms with E-state index in [2.05, 4.69) is 44.2 Å². The minimum atomic E-state index is -0.0751. The van der Waals surface area contributed by atoms with Gasteiger partial charge in [-0.3, -0.25) is 9.98 Å². The van der Waals surface area contributed by atoms with Gasteiger partial charge >= 0.3 is 0 Å². The maximum atomic E-state index is 6.38. The Bertz CT molecular complexity index is 1420. The minimum Gasteiger partial charge on any atom is -0.397 e. The van der Waals surface area contributed by atoms with Crippen molar-refractivity contribution in [3.63, 3.8) is 0 Å². The number of hydrogen-bond donors (Lipinski definition) is 4. The summed E-state index contributed by atoms with van der Waals surface area (Å²) in [6.07, 6.45) is 11.3. The molecule has 10 heteroatoms. The van der Waals surface area contributed by atoms with Crippen molar-refractivity contribution in [1.29, 1.82) is 0 Å². The van der Waals surface area contributed by atoms with E-state index in [0.29, 0.717) is 36.5 Å². The van der Waals surface area contributed by atoms with Crippen molar-refractivity contribution in [2.75, 3.05) is 24.1 Å². The van der Waals surface area contributed by atoms with Crippen LogP contribution < -0.4 is 22.1 Å². The Morgan fingerprint density at radius 1 is 1.31 bits per heavy atom. The van der Waals surface area contributed by atoms with Crippen LogP contribution in [0.15, 0.2) is 60.6 Å². The highest BCUT2D eigenvalue weighted by Crippen LogP contribution is 2.42. The SMILES string of the molecule is C=Cc1ccc2nc(Nc3cc(C(C)NC(=NCCN)c4c(N)cncc4C4CC4)ccn3)nn2c1. The van der Waals surface area contributed by atoms with Crippen molar-refractivity contribution in [3.8, 4) is 0 Å². The summed E-state index contributed by atoms with van der Waals surface area (Å²) < 4.78 is 1.71. The molecule has 4 aromatic heterocycles. The average Bonchev–Trinajstić information content (AvgIpc) is 3.66. The van der Waals surface area contributed by atoms with Gasteiger partial charge in [-0.05, 0) is 66.6 Å². The summed E-state index contributed by atoms with van der Waals surface area (Å²) in [5.41, 5.74) is 17.5. The first kappa shape index (κ1) is 23.4. The molecule has 36 heavy (non-hydrogen) atoms. The molecule has 0 radical (unpaired) electrons. The third-order valence-corrected chi connectivity index (χ3v) is 6.12. The van der Waals surface area contributed by atoms with Gasteiger partial charge in [0.25, 0.3) is 0 Å². The second kappa shape index (κ2) is 10.1. The predicted octanol–water partition coefficient (Wildman–Crippen LogP) is 3.42. The molecule has 4 aromatic rings. The Labute approximate surface area is 209 Å². The number of aliphatic imine (C=N–C) groups is 1. The van der Waals surface area contributed by atoms with E-state index in [1.54, 1.807) is 23.0 Å². The molecule has 10 nitrogen and oxygen atoms in total. The van der Waals surface area contributed by atoms with Crippen LogP contribution in [0.5, 0.6) is 0 Å². The molecule has 0 saturated heterocycles. The summed E-state index contributed by atoms with van der Waals surface area (Å²) in [7, 11) is 0. The molecule has 1 unspecified atom stereocenters. The first-order valence-corrected chi connectivity index (χ1v) is 12.0. The Morgan fingerprint density at radius 2 is 2.17 bits per heavy atom. The van der Waals surface area contributed by atoms with E-state index in [1.807, 2.05) is 36.7 Å². The Balaban J connectivity index is 1.38. The topological polar surface area (TPSA) is 144 Å². The van der Waals surface area contributed by atoms with Crippen LogP contribution in [0.3, 0.4) is 0 Å². The lowest BCUT2D eigenvalue weighted by atomic mass is 10.0. The molecule has 0 aliphatic heterocycles. The highest BCUT2D eigenvalue weighted by Gasteiger charge is 2.29. The number of nitrogens with one attached hydrogen (secondary N) is 2. The van der Waals surface area contributed by atoms with E-state index in [9.17, 15) is 0 Å².